The summed E-state index contributed by atoms with van der Waals surface area (Å²) in [5, 5.41) is 2.56. The van der Waals surface area contributed by atoms with Crippen molar-refractivity contribution in [1.82, 2.24) is 0 Å². The first kappa shape index (κ1) is 5.56. The zero-order valence-corrected chi connectivity index (χ0v) is 5.37. The fraction of sp³-hybridized carbons (Fsp3) is 0.200. The van der Waals surface area contributed by atoms with Crippen LogP contribution in [-0.4, -0.2) is 7.11 Å². The number of allylic oxidation sites excluding steroid dienone is 2. The second-order valence-corrected chi connectivity index (χ2v) is 2.71. The minimum Gasteiger partial charge on any atom is -0.489 e. The Labute approximate surface area is 50.7 Å². The van der Waals surface area contributed by atoms with Crippen LogP contribution in [0.15, 0.2) is 22.7 Å². The van der Waals surface area contributed by atoms with E-state index in [0.29, 0.717) is 0 Å². The van der Waals surface area contributed by atoms with Crippen LogP contribution in [0.5, 0.6) is 0 Å². The van der Waals surface area contributed by atoms with E-state index in [1.807, 2.05) is 12.2 Å². The Hall–Kier alpha value is -0.570. The lowest BCUT2D eigenvalue weighted by Gasteiger charge is -1.97. The molecule has 44 valence electrons. The Kier molecular flexibility index (Phi) is 1.48. The molecule has 1 aliphatic heterocycles. The summed E-state index contributed by atoms with van der Waals surface area (Å²) in [5.41, 5.74) is 0. The van der Waals surface area contributed by atoms with Gasteiger partial charge >= 0.3 is 0 Å². The molecule has 3 heteroatoms. The molecule has 8 heavy (non-hydrogen) atoms. The molecule has 0 aromatic heterocycles. The van der Waals surface area contributed by atoms with Crippen LogP contribution < -0.4 is 0 Å². The van der Waals surface area contributed by atoms with Crippen molar-refractivity contribution in [2.24, 2.45) is 0 Å². The number of rotatable bonds is 1. The van der Waals surface area contributed by atoms with Crippen LogP contribution in [0.3, 0.4) is 0 Å². The Morgan fingerprint density at radius 3 is 2.75 bits per heavy atom. The van der Waals surface area contributed by atoms with E-state index in [2.05, 4.69) is 0 Å². The van der Waals surface area contributed by atoms with E-state index in [4.69, 9.17) is 9.52 Å². The highest BCUT2D eigenvalue weighted by Gasteiger charge is 2.01. The predicted octanol–water partition coefficient (Wildman–Crippen LogP) is 1.38. The van der Waals surface area contributed by atoms with Gasteiger partial charge in [-0.3, -0.25) is 4.78 Å². The maximum absolute atomic E-state index is 7.24. The average Bonchev–Trinajstić information content (AvgIpc) is 2.14. The number of nitrogens with one attached hydrogen (secondary N) is 1. The molecule has 1 aliphatic rings. The lowest BCUT2D eigenvalue weighted by atomic mass is 10.6. The Bertz CT molecular complexity index is 171. The van der Waals surface area contributed by atoms with Crippen molar-refractivity contribution in [1.29, 1.82) is 4.78 Å². The van der Waals surface area contributed by atoms with Gasteiger partial charge in [0.1, 0.15) is 0 Å². The lowest BCUT2D eigenvalue weighted by Crippen LogP contribution is -1.85. The second-order valence-electron chi connectivity index (χ2n) is 1.36. The highest BCUT2D eigenvalue weighted by atomic mass is 32.2. The molecule has 0 amide bonds. The summed E-state index contributed by atoms with van der Waals surface area (Å²) in [6, 6.07) is 0. The van der Waals surface area contributed by atoms with Crippen molar-refractivity contribution >= 4 is 10.7 Å². The summed E-state index contributed by atoms with van der Waals surface area (Å²) in [6.45, 7) is 0. The van der Waals surface area contributed by atoms with Crippen molar-refractivity contribution in [2.45, 2.75) is 0 Å². The Balaban J connectivity index is 2.73. The highest BCUT2D eigenvalue weighted by Crippen LogP contribution is 2.11. The first-order valence-electron chi connectivity index (χ1n) is 2.21. The summed E-state index contributed by atoms with van der Waals surface area (Å²) in [4.78, 5) is 0. The Morgan fingerprint density at radius 1 is 1.75 bits per heavy atom. The van der Waals surface area contributed by atoms with Gasteiger partial charge in [-0.15, -0.1) is 0 Å². The third-order valence-electron chi connectivity index (χ3n) is 0.865. The molecular weight excluding hydrogens is 122 g/mol. The van der Waals surface area contributed by atoms with E-state index >= 15 is 0 Å². The predicted molar refractivity (Wildman–Crippen MR) is 34.3 cm³/mol. The van der Waals surface area contributed by atoms with Crippen molar-refractivity contribution in [2.75, 3.05) is 7.11 Å². The first-order chi connectivity index (χ1) is 3.84. The molecule has 0 saturated carbocycles. The van der Waals surface area contributed by atoms with Gasteiger partial charge in [0, 0.05) is 0 Å². The van der Waals surface area contributed by atoms with Crippen LogP contribution in [0.2, 0.25) is 0 Å². The summed E-state index contributed by atoms with van der Waals surface area (Å²) < 4.78 is 12.1. The van der Waals surface area contributed by atoms with Crippen molar-refractivity contribution < 1.29 is 4.74 Å². The Morgan fingerprint density at radius 2 is 2.50 bits per heavy atom. The van der Waals surface area contributed by atoms with Crippen LogP contribution in [0.1, 0.15) is 0 Å². The van der Waals surface area contributed by atoms with E-state index in [-0.39, 0.29) is 0 Å². The monoisotopic (exact) mass is 129 g/mol. The van der Waals surface area contributed by atoms with Crippen LogP contribution >= 0.6 is 0 Å². The van der Waals surface area contributed by atoms with Gasteiger partial charge in [0.25, 0.3) is 0 Å². The molecule has 0 spiro atoms. The summed E-state index contributed by atoms with van der Waals surface area (Å²) in [6.07, 6.45) is 3.66. The van der Waals surface area contributed by atoms with Gasteiger partial charge in [0.05, 0.1) is 7.11 Å². The lowest BCUT2D eigenvalue weighted by molar-refractivity contribution is 0.324. The van der Waals surface area contributed by atoms with E-state index in [9.17, 15) is 0 Å². The quantitative estimate of drug-likeness (QED) is 0.570. The molecule has 0 fully saturated rings. The maximum Gasteiger partial charge on any atom is 0.167 e. The molecule has 1 rings (SSSR count). The van der Waals surface area contributed by atoms with Gasteiger partial charge in [-0.25, -0.2) is 0 Å². The van der Waals surface area contributed by atoms with Crippen LogP contribution in [0.25, 0.3) is 0 Å². The van der Waals surface area contributed by atoms with E-state index in [0.717, 1.165) is 5.09 Å². The molecule has 0 radical (unpaired) electrons. The highest BCUT2D eigenvalue weighted by molar-refractivity contribution is 7.92. The number of methoxy groups -OCH3 is 1. The van der Waals surface area contributed by atoms with Crippen LogP contribution in [0.4, 0.5) is 0 Å². The van der Waals surface area contributed by atoms with Gasteiger partial charge in [-0.2, -0.15) is 0 Å². The van der Waals surface area contributed by atoms with Gasteiger partial charge < -0.3 is 4.74 Å². The van der Waals surface area contributed by atoms with E-state index in [1.54, 1.807) is 12.5 Å². The van der Waals surface area contributed by atoms with Crippen molar-refractivity contribution in [3.63, 3.8) is 0 Å². The summed E-state index contributed by atoms with van der Waals surface area (Å²) in [7, 11) is 1.09. The molecule has 1 atom stereocenters. The first-order valence-corrected chi connectivity index (χ1v) is 3.50. The third kappa shape index (κ3) is 0.816. The molecule has 0 aromatic carbocycles. The molecule has 0 aromatic rings. The standard InChI is InChI=1S/C5H7NOS/c1-7-5-3-2-4-8(5)6/h2-4,6H,1H3. The summed E-state index contributed by atoms with van der Waals surface area (Å²) in [5.74, 6) is 0. The smallest absolute Gasteiger partial charge is 0.167 e. The SMILES string of the molecule is COC1=CC=CS1=N. The van der Waals surface area contributed by atoms with E-state index in [1.165, 1.54) is 0 Å². The molecule has 1 heterocycles. The minimum absolute atomic E-state index is 0.502. The molecule has 1 N–H and O–H groups in total. The molecule has 0 bridgehead atoms. The molecule has 0 saturated heterocycles. The number of hydrogen-bond donors (Lipinski definition) is 1. The van der Waals surface area contributed by atoms with Crippen LogP contribution in [-0.2, 0) is 15.4 Å². The zero-order chi connectivity index (χ0) is 5.98. The normalized spacial score (nSPS) is 25.6. The largest absolute Gasteiger partial charge is 0.489 e. The van der Waals surface area contributed by atoms with E-state index < -0.39 is 10.7 Å². The van der Waals surface area contributed by atoms with Gasteiger partial charge in [0.2, 0.25) is 0 Å². The fourth-order valence-electron chi connectivity index (χ4n) is 0.495. The molecule has 0 aliphatic carbocycles. The maximum atomic E-state index is 7.24. The molecule has 2 nitrogen and oxygen atoms in total. The topological polar surface area (TPSA) is 33.1 Å². The van der Waals surface area contributed by atoms with Gasteiger partial charge in [-0.1, -0.05) is 6.08 Å². The fourth-order valence-corrected chi connectivity index (χ4v) is 1.27. The number of ether oxygens (including phenoxy) is 1. The minimum atomic E-state index is -0.502. The molecule has 1 unspecified atom stereocenters. The number of hydrogen-bond acceptors (Lipinski definition) is 2. The van der Waals surface area contributed by atoms with Crippen molar-refractivity contribution in [3.8, 4) is 0 Å². The second kappa shape index (κ2) is 2.13. The zero-order valence-electron chi connectivity index (χ0n) is 4.55. The van der Waals surface area contributed by atoms with Crippen molar-refractivity contribution in [3.05, 3.63) is 22.7 Å². The summed E-state index contributed by atoms with van der Waals surface area (Å²) >= 11 is 0. The third-order valence-corrected chi connectivity index (χ3v) is 2.03. The molecular formula is C5H7NOS. The van der Waals surface area contributed by atoms with Gasteiger partial charge in [0.15, 0.2) is 5.09 Å². The average molecular weight is 129 g/mol. The van der Waals surface area contributed by atoms with Gasteiger partial charge in [-0.05, 0) is 22.2 Å². The van der Waals surface area contributed by atoms with Crippen LogP contribution in [0, 0.1) is 4.78 Å².